The van der Waals surface area contributed by atoms with Crippen molar-refractivity contribution in [1.29, 1.82) is 0 Å². The average molecular weight is 437 g/mol. The standard InChI is InChI=1S/C22H29ClN2O5/c1-4-8-16-19(21(26)29-5-2)20(25-22(27)24-16)14-11-17(28-3)18(12-15(14)23)30-13-9-6-7-10-13/h11-13,20H,4-10H2,1-3H3,(H2,24,25,27). The van der Waals surface area contributed by atoms with E-state index in [1.54, 1.807) is 26.2 Å². The Balaban J connectivity index is 2.03. The summed E-state index contributed by atoms with van der Waals surface area (Å²) in [5.74, 6) is 0.586. The fourth-order valence-corrected chi connectivity index (χ4v) is 4.22. The molecule has 2 aliphatic rings. The maximum Gasteiger partial charge on any atom is 0.338 e. The van der Waals surface area contributed by atoms with Gasteiger partial charge in [0.05, 0.1) is 36.5 Å². The van der Waals surface area contributed by atoms with Crippen LogP contribution in [0.5, 0.6) is 11.5 Å². The van der Waals surface area contributed by atoms with E-state index in [-0.39, 0.29) is 12.7 Å². The minimum Gasteiger partial charge on any atom is -0.493 e. The number of rotatable bonds is 8. The normalized spacial score (nSPS) is 19.3. The molecule has 1 aromatic rings. The summed E-state index contributed by atoms with van der Waals surface area (Å²) in [6, 6.07) is 2.29. The van der Waals surface area contributed by atoms with Crippen LogP contribution in [-0.4, -0.2) is 31.8 Å². The van der Waals surface area contributed by atoms with Crippen molar-refractivity contribution in [2.75, 3.05) is 13.7 Å². The smallest absolute Gasteiger partial charge is 0.338 e. The second kappa shape index (κ2) is 10.1. The molecule has 1 aliphatic heterocycles. The molecule has 1 unspecified atom stereocenters. The molecule has 1 aliphatic carbocycles. The van der Waals surface area contributed by atoms with E-state index in [0.29, 0.717) is 39.8 Å². The van der Waals surface area contributed by atoms with E-state index < -0.39 is 18.0 Å². The van der Waals surface area contributed by atoms with Gasteiger partial charge in [-0.05, 0) is 45.1 Å². The SMILES string of the molecule is CCCC1=C(C(=O)OCC)C(c2cc(OC)c(OC3CCCC3)cc2Cl)NC(=O)N1. The lowest BCUT2D eigenvalue weighted by molar-refractivity contribution is -0.139. The average Bonchev–Trinajstić information content (AvgIpc) is 3.21. The Kier molecular flexibility index (Phi) is 7.48. The van der Waals surface area contributed by atoms with E-state index in [4.69, 9.17) is 25.8 Å². The predicted octanol–water partition coefficient (Wildman–Crippen LogP) is 4.64. The first-order valence-corrected chi connectivity index (χ1v) is 10.9. The second-order valence-electron chi connectivity index (χ2n) is 7.44. The van der Waals surface area contributed by atoms with Gasteiger partial charge in [0.1, 0.15) is 0 Å². The summed E-state index contributed by atoms with van der Waals surface area (Å²) in [4.78, 5) is 25.1. The number of urea groups is 1. The van der Waals surface area contributed by atoms with Gasteiger partial charge in [-0.25, -0.2) is 9.59 Å². The van der Waals surface area contributed by atoms with E-state index in [2.05, 4.69) is 10.6 Å². The first kappa shape index (κ1) is 22.3. The lowest BCUT2D eigenvalue weighted by Gasteiger charge is -2.30. The Labute approximate surface area is 182 Å². The Morgan fingerprint density at radius 3 is 2.57 bits per heavy atom. The number of amides is 2. The Morgan fingerprint density at radius 2 is 1.93 bits per heavy atom. The second-order valence-corrected chi connectivity index (χ2v) is 7.85. The zero-order valence-corrected chi connectivity index (χ0v) is 18.4. The van der Waals surface area contributed by atoms with Crippen LogP contribution in [0.15, 0.2) is 23.4 Å². The number of methoxy groups -OCH3 is 1. The molecular formula is C22H29ClN2O5. The maximum absolute atomic E-state index is 12.8. The van der Waals surface area contributed by atoms with Crippen LogP contribution in [0.1, 0.15) is 64.0 Å². The Morgan fingerprint density at radius 1 is 1.20 bits per heavy atom. The Hall–Kier alpha value is -2.41. The van der Waals surface area contributed by atoms with Crippen LogP contribution in [0.25, 0.3) is 0 Å². The number of hydrogen-bond donors (Lipinski definition) is 2. The molecule has 7 nitrogen and oxygen atoms in total. The van der Waals surface area contributed by atoms with Crippen molar-refractivity contribution in [2.45, 2.75) is 64.5 Å². The predicted molar refractivity (Wildman–Crippen MR) is 114 cm³/mol. The monoisotopic (exact) mass is 436 g/mol. The first-order chi connectivity index (χ1) is 14.5. The van der Waals surface area contributed by atoms with Gasteiger partial charge in [0.15, 0.2) is 11.5 Å². The summed E-state index contributed by atoms with van der Waals surface area (Å²) in [5.41, 5.74) is 1.46. The van der Waals surface area contributed by atoms with Gasteiger partial charge in [-0.2, -0.15) is 0 Å². The lowest BCUT2D eigenvalue weighted by Crippen LogP contribution is -2.46. The van der Waals surface area contributed by atoms with E-state index in [1.165, 1.54) is 0 Å². The molecular weight excluding hydrogens is 408 g/mol. The number of esters is 1. The fourth-order valence-electron chi connectivity index (χ4n) is 3.96. The van der Waals surface area contributed by atoms with Crippen molar-refractivity contribution in [2.24, 2.45) is 0 Å². The molecule has 2 amide bonds. The quantitative estimate of drug-likeness (QED) is 0.580. The molecule has 8 heteroatoms. The highest BCUT2D eigenvalue weighted by Gasteiger charge is 2.35. The number of carbonyl (C=O) groups is 2. The van der Waals surface area contributed by atoms with Gasteiger partial charge in [-0.1, -0.05) is 24.9 Å². The molecule has 1 heterocycles. The molecule has 1 saturated carbocycles. The van der Waals surface area contributed by atoms with Crippen LogP contribution in [0.2, 0.25) is 5.02 Å². The summed E-state index contributed by atoms with van der Waals surface area (Å²) in [6.45, 7) is 3.95. The summed E-state index contributed by atoms with van der Waals surface area (Å²) in [6.07, 6.45) is 5.74. The topological polar surface area (TPSA) is 85.9 Å². The molecule has 2 N–H and O–H groups in total. The summed E-state index contributed by atoms with van der Waals surface area (Å²) in [7, 11) is 1.56. The third-order valence-electron chi connectivity index (χ3n) is 5.34. The van der Waals surface area contributed by atoms with Crippen LogP contribution in [0, 0.1) is 0 Å². The highest BCUT2D eigenvalue weighted by atomic mass is 35.5. The molecule has 3 rings (SSSR count). The van der Waals surface area contributed by atoms with Gasteiger partial charge in [0.2, 0.25) is 0 Å². The first-order valence-electron chi connectivity index (χ1n) is 10.5. The largest absolute Gasteiger partial charge is 0.493 e. The van der Waals surface area contributed by atoms with Crippen LogP contribution < -0.4 is 20.1 Å². The van der Waals surface area contributed by atoms with E-state index in [1.807, 2.05) is 6.92 Å². The molecule has 0 saturated heterocycles. The summed E-state index contributed by atoms with van der Waals surface area (Å²) < 4.78 is 16.9. The van der Waals surface area contributed by atoms with Crippen molar-refractivity contribution in [3.63, 3.8) is 0 Å². The van der Waals surface area contributed by atoms with Crippen molar-refractivity contribution < 1.29 is 23.8 Å². The van der Waals surface area contributed by atoms with E-state index >= 15 is 0 Å². The van der Waals surface area contributed by atoms with Crippen LogP contribution in [-0.2, 0) is 9.53 Å². The van der Waals surface area contributed by atoms with E-state index in [0.717, 1.165) is 32.1 Å². The molecule has 0 bridgehead atoms. The van der Waals surface area contributed by atoms with Gasteiger partial charge < -0.3 is 24.8 Å². The molecule has 0 aromatic heterocycles. The third-order valence-corrected chi connectivity index (χ3v) is 5.67. The maximum atomic E-state index is 12.8. The number of hydrogen-bond acceptors (Lipinski definition) is 5. The lowest BCUT2D eigenvalue weighted by atomic mass is 9.93. The van der Waals surface area contributed by atoms with Gasteiger partial charge in [-0.3, -0.25) is 0 Å². The van der Waals surface area contributed by atoms with Gasteiger partial charge in [0.25, 0.3) is 0 Å². The summed E-state index contributed by atoms with van der Waals surface area (Å²) in [5, 5.41) is 5.93. The Bertz CT molecular complexity index is 833. The molecule has 30 heavy (non-hydrogen) atoms. The number of nitrogens with one attached hydrogen (secondary N) is 2. The highest BCUT2D eigenvalue weighted by molar-refractivity contribution is 6.31. The number of carbonyl (C=O) groups excluding carboxylic acids is 2. The minimum absolute atomic E-state index is 0.144. The number of allylic oxidation sites excluding steroid dienone is 1. The van der Waals surface area contributed by atoms with Crippen molar-refractivity contribution >= 4 is 23.6 Å². The number of benzene rings is 1. The molecule has 0 radical (unpaired) electrons. The van der Waals surface area contributed by atoms with Gasteiger partial charge >= 0.3 is 12.0 Å². The fraction of sp³-hybridized carbons (Fsp3) is 0.545. The van der Waals surface area contributed by atoms with Gasteiger partial charge in [0, 0.05) is 17.3 Å². The van der Waals surface area contributed by atoms with Gasteiger partial charge in [-0.15, -0.1) is 0 Å². The third kappa shape index (κ3) is 4.83. The van der Waals surface area contributed by atoms with Crippen molar-refractivity contribution in [3.05, 3.63) is 34.0 Å². The van der Waals surface area contributed by atoms with Crippen molar-refractivity contribution in [3.8, 4) is 11.5 Å². The zero-order valence-electron chi connectivity index (χ0n) is 17.7. The molecule has 164 valence electrons. The van der Waals surface area contributed by atoms with E-state index in [9.17, 15) is 9.59 Å². The van der Waals surface area contributed by atoms with Crippen molar-refractivity contribution in [1.82, 2.24) is 10.6 Å². The zero-order chi connectivity index (χ0) is 21.7. The molecule has 1 aromatic carbocycles. The molecule has 1 atom stereocenters. The number of halogens is 1. The molecule has 1 fully saturated rings. The van der Waals surface area contributed by atoms with Crippen LogP contribution >= 0.6 is 11.6 Å². The van der Waals surface area contributed by atoms with Crippen LogP contribution in [0.3, 0.4) is 0 Å². The van der Waals surface area contributed by atoms with Crippen LogP contribution in [0.4, 0.5) is 4.79 Å². The summed E-state index contributed by atoms with van der Waals surface area (Å²) >= 11 is 6.61. The minimum atomic E-state index is -0.749. The number of ether oxygens (including phenoxy) is 3. The molecule has 0 spiro atoms. The highest BCUT2D eigenvalue weighted by Crippen LogP contribution is 2.41.